The number of benzene rings is 2. The summed E-state index contributed by atoms with van der Waals surface area (Å²) in [6.45, 7) is 7.18. The van der Waals surface area contributed by atoms with Gasteiger partial charge in [-0.3, -0.25) is 9.69 Å². The number of carbonyl (C=O) groups excluding carboxylic acids is 1. The monoisotopic (exact) mass is 564 g/mol. The minimum absolute atomic E-state index is 0.186. The summed E-state index contributed by atoms with van der Waals surface area (Å²) in [4.78, 5) is 15.2. The normalized spacial score (nSPS) is 19.9. The maximum Gasteiger partial charge on any atom is 0.266 e. The summed E-state index contributed by atoms with van der Waals surface area (Å²) in [6, 6.07) is 16.5. The minimum Gasteiger partial charge on any atom is -0.289 e. The molecule has 1 unspecified atom stereocenters. The summed E-state index contributed by atoms with van der Waals surface area (Å²) in [5.74, 6) is 0.142. The van der Waals surface area contributed by atoms with E-state index in [2.05, 4.69) is 13.5 Å². The van der Waals surface area contributed by atoms with Gasteiger partial charge in [0.1, 0.15) is 10.0 Å². The van der Waals surface area contributed by atoms with Crippen LogP contribution in [0.4, 0.5) is 0 Å². The van der Waals surface area contributed by atoms with Crippen LogP contribution in [0.2, 0.25) is 0 Å². The molecule has 2 fully saturated rings. The molecule has 3 heterocycles. The number of aromatic nitrogens is 2. The quantitative estimate of drug-likeness (QED) is 0.219. The summed E-state index contributed by atoms with van der Waals surface area (Å²) >= 11 is 6.63. The Morgan fingerprint density at radius 1 is 1.18 bits per heavy atom. The van der Waals surface area contributed by atoms with Gasteiger partial charge in [-0.05, 0) is 49.1 Å². The van der Waals surface area contributed by atoms with Gasteiger partial charge in [0.05, 0.1) is 15.5 Å². The standard InChI is InChI=1S/C28H28N4O3S3/c1-3-14-31-27(33)25(37-28(31)36)17-22-19-32(23-11-5-4-6-12-23)29-26(22)21-10-7-13-24(16-21)38(34,35)30-15-8-9-20(2)18-30/h3-7,10-13,16-17,19-20H,1,8-9,14-15,18H2,2H3/b25-17-. The van der Waals surface area contributed by atoms with Crippen molar-refractivity contribution in [2.75, 3.05) is 19.6 Å². The molecule has 196 valence electrons. The van der Waals surface area contributed by atoms with Crippen molar-refractivity contribution in [3.05, 3.63) is 83.9 Å². The lowest BCUT2D eigenvalue weighted by Gasteiger charge is -2.30. The van der Waals surface area contributed by atoms with E-state index in [1.165, 1.54) is 16.7 Å². The number of nitrogens with zero attached hydrogens (tertiary/aromatic N) is 4. The van der Waals surface area contributed by atoms with Gasteiger partial charge in [0.2, 0.25) is 10.0 Å². The van der Waals surface area contributed by atoms with Crippen LogP contribution in [0, 0.1) is 5.92 Å². The predicted octanol–water partition coefficient (Wildman–Crippen LogP) is 5.35. The largest absolute Gasteiger partial charge is 0.289 e. The van der Waals surface area contributed by atoms with Crippen LogP contribution in [0.3, 0.4) is 0 Å². The molecule has 3 aromatic rings. The highest BCUT2D eigenvalue weighted by atomic mass is 32.2. The van der Waals surface area contributed by atoms with Gasteiger partial charge in [0.15, 0.2) is 0 Å². The molecule has 0 radical (unpaired) electrons. The van der Waals surface area contributed by atoms with Gasteiger partial charge in [0, 0.05) is 37.0 Å². The van der Waals surface area contributed by atoms with Crippen molar-refractivity contribution < 1.29 is 13.2 Å². The zero-order valence-electron chi connectivity index (χ0n) is 21.0. The summed E-state index contributed by atoms with van der Waals surface area (Å²) < 4.78 is 30.8. The fraction of sp³-hybridized carbons (Fsp3) is 0.250. The third kappa shape index (κ3) is 5.26. The third-order valence-corrected chi connectivity index (χ3v) is 9.84. The number of thioether (sulfide) groups is 1. The van der Waals surface area contributed by atoms with E-state index in [9.17, 15) is 13.2 Å². The van der Waals surface area contributed by atoms with Crippen LogP contribution in [0.5, 0.6) is 0 Å². The molecule has 0 saturated carbocycles. The molecule has 1 aromatic heterocycles. The Morgan fingerprint density at radius 3 is 2.71 bits per heavy atom. The highest BCUT2D eigenvalue weighted by Gasteiger charge is 2.32. The Bertz CT molecular complexity index is 1530. The first-order valence-electron chi connectivity index (χ1n) is 12.4. The van der Waals surface area contributed by atoms with Gasteiger partial charge in [-0.2, -0.15) is 9.40 Å². The molecule has 2 aliphatic heterocycles. The molecule has 1 atom stereocenters. The third-order valence-electron chi connectivity index (χ3n) is 6.60. The maximum absolute atomic E-state index is 13.5. The predicted molar refractivity (Wildman–Crippen MR) is 156 cm³/mol. The molecule has 0 aliphatic carbocycles. The van der Waals surface area contributed by atoms with E-state index in [0.717, 1.165) is 18.5 Å². The van der Waals surface area contributed by atoms with Crippen molar-refractivity contribution in [1.82, 2.24) is 19.0 Å². The van der Waals surface area contributed by atoms with Crippen molar-refractivity contribution in [3.63, 3.8) is 0 Å². The molecule has 2 aliphatic rings. The number of rotatable bonds is 7. The number of hydrogen-bond acceptors (Lipinski definition) is 6. The molecule has 2 saturated heterocycles. The van der Waals surface area contributed by atoms with Gasteiger partial charge < -0.3 is 0 Å². The van der Waals surface area contributed by atoms with Crippen LogP contribution < -0.4 is 0 Å². The average molecular weight is 565 g/mol. The number of hydrogen-bond donors (Lipinski definition) is 0. The first-order valence-corrected chi connectivity index (χ1v) is 15.1. The molecule has 0 spiro atoms. The lowest BCUT2D eigenvalue weighted by atomic mass is 10.0. The van der Waals surface area contributed by atoms with Crippen molar-refractivity contribution in [1.29, 1.82) is 0 Å². The summed E-state index contributed by atoms with van der Waals surface area (Å²) in [7, 11) is -3.64. The smallest absolute Gasteiger partial charge is 0.266 e. The summed E-state index contributed by atoms with van der Waals surface area (Å²) in [5.41, 5.74) is 2.76. The van der Waals surface area contributed by atoms with Crippen molar-refractivity contribution in [2.24, 2.45) is 5.92 Å². The Morgan fingerprint density at radius 2 is 1.97 bits per heavy atom. The zero-order valence-corrected chi connectivity index (χ0v) is 23.4. The van der Waals surface area contributed by atoms with E-state index in [4.69, 9.17) is 17.3 Å². The van der Waals surface area contributed by atoms with Gasteiger partial charge in [-0.25, -0.2) is 13.1 Å². The number of amides is 1. The van der Waals surface area contributed by atoms with Crippen LogP contribution in [-0.2, 0) is 14.8 Å². The summed E-state index contributed by atoms with van der Waals surface area (Å²) in [5, 5.41) is 4.82. The lowest BCUT2D eigenvalue weighted by molar-refractivity contribution is -0.121. The molecule has 1 amide bonds. The SMILES string of the molecule is C=CCN1C(=O)/C(=C/c2cn(-c3ccccc3)nc2-c2cccc(S(=O)(=O)N3CCCC(C)C3)c2)SC1=S. The van der Waals surface area contributed by atoms with Crippen molar-refractivity contribution in [2.45, 2.75) is 24.7 Å². The van der Waals surface area contributed by atoms with E-state index in [0.29, 0.717) is 51.6 Å². The molecule has 38 heavy (non-hydrogen) atoms. The van der Waals surface area contributed by atoms with Crippen LogP contribution >= 0.6 is 24.0 Å². The number of para-hydroxylation sites is 1. The second-order valence-corrected chi connectivity index (χ2v) is 13.0. The van der Waals surface area contributed by atoms with Crippen LogP contribution in [-0.4, -0.2) is 57.3 Å². The lowest BCUT2D eigenvalue weighted by Crippen LogP contribution is -2.39. The number of thiocarbonyl (C=S) groups is 1. The van der Waals surface area contributed by atoms with E-state index >= 15 is 0 Å². The minimum atomic E-state index is -3.64. The number of piperidine rings is 1. The molecule has 0 bridgehead atoms. The van der Waals surface area contributed by atoms with Crippen molar-refractivity contribution >= 4 is 50.3 Å². The molecule has 0 N–H and O–H groups in total. The van der Waals surface area contributed by atoms with Crippen molar-refractivity contribution in [3.8, 4) is 16.9 Å². The van der Waals surface area contributed by atoms with Gasteiger partial charge in [0.25, 0.3) is 5.91 Å². The van der Waals surface area contributed by atoms with Gasteiger partial charge in [-0.15, -0.1) is 6.58 Å². The summed E-state index contributed by atoms with van der Waals surface area (Å²) in [6.07, 6.45) is 7.15. The highest BCUT2D eigenvalue weighted by molar-refractivity contribution is 8.26. The fourth-order valence-electron chi connectivity index (χ4n) is 4.68. The molecule has 5 rings (SSSR count). The number of carbonyl (C=O) groups is 1. The number of sulfonamides is 1. The Kier molecular flexibility index (Phi) is 7.67. The van der Waals surface area contributed by atoms with E-state index in [1.54, 1.807) is 39.3 Å². The highest BCUT2D eigenvalue weighted by Crippen LogP contribution is 2.35. The van der Waals surface area contributed by atoms with Crippen LogP contribution in [0.25, 0.3) is 23.0 Å². The Balaban J connectivity index is 1.58. The second kappa shape index (κ2) is 11.0. The van der Waals surface area contributed by atoms with Crippen LogP contribution in [0.15, 0.2) is 83.2 Å². The Hall–Kier alpha value is -3.05. The first kappa shape index (κ1) is 26.6. The molecular weight excluding hydrogens is 537 g/mol. The molecule has 2 aromatic carbocycles. The Labute approximate surface area is 232 Å². The van der Waals surface area contributed by atoms with E-state index < -0.39 is 10.0 Å². The molecule has 7 nitrogen and oxygen atoms in total. The second-order valence-electron chi connectivity index (χ2n) is 9.43. The zero-order chi connectivity index (χ0) is 26.9. The van der Waals surface area contributed by atoms with Gasteiger partial charge in [-0.1, -0.05) is 67.3 Å². The molecular formula is C28H28N4O3S3. The topological polar surface area (TPSA) is 75.5 Å². The van der Waals surface area contributed by atoms with Crippen LogP contribution in [0.1, 0.15) is 25.3 Å². The first-order chi connectivity index (χ1) is 18.3. The fourth-order valence-corrected chi connectivity index (χ4v) is 7.59. The van der Waals surface area contributed by atoms with E-state index in [-0.39, 0.29) is 10.8 Å². The molecule has 10 heteroatoms. The average Bonchev–Trinajstić information content (AvgIpc) is 3.46. The maximum atomic E-state index is 13.5. The van der Waals surface area contributed by atoms with Gasteiger partial charge >= 0.3 is 0 Å². The van der Waals surface area contributed by atoms with E-state index in [1.807, 2.05) is 42.6 Å².